The highest BCUT2D eigenvalue weighted by atomic mass is 16.5. The molecule has 0 N–H and O–H groups in total. The number of nitrogens with zero attached hydrogens (tertiary/aromatic N) is 1. The van der Waals surface area contributed by atoms with Crippen LogP contribution in [0.25, 0.3) is 0 Å². The molecule has 3 heteroatoms. The highest BCUT2D eigenvalue weighted by Crippen LogP contribution is 2.46. The molecule has 3 nitrogen and oxygen atoms in total. The Balaban J connectivity index is 1.47. The Morgan fingerprint density at radius 2 is 1.81 bits per heavy atom. The Morgan fingerprint density at radius 3 is 2.54 bits per heavy atom. The number of benzene rings is 1. The van der Waals surface area contributed by atoms with Crippen LogP contribution in [0.3, 0.4) is 0 Å². The molecule has 0 amide bonds. The third kappa shape index (κ3) is 4.87. The maximum Gasteiger partial charge on any atom is 0.314 e. The summed E-state index contributed by atoms with van der Waals surface area (Å²) in [7, 11) is 0. The number of nitriles is 1. The van der Waals surface area contributed by atoms with Crippen LogP contribution in [0.1, 0.15) is 76.7 Å². The number of esters is 1. The minimum atomic E-state index is -0.0850. The summed E-state index contributed by atoms with van der Waals surface area (Å²) in [5.74, 6) is 2.97. The first-order valence-electron chi connectivity index (χ1n) is 10.4. The number of fused-ring (bicyclic) bond motifs is 1. The van der Waals surface area contributed by atoms with Crippen LogP contribution in [-0.4, -0.2) is 5.97 Å². The molecule has 140 valence electrons. The molecule has 0 bridgehead atoms. The van der Waals surface area contributed by atoms with Crippen LogP contribution in [0.5, 0.6) is 5.75 Å². The van der Waals surface area contributed by atoms with Gasteiger partial charge >= 0.3 is 5.97 Å². The number of hydrogen-bond donors (Lipinski definition) is 0. The zero-order valence-electron chi connectivity index (χ0n) is 16.0. The molecule has 3 rings (SSSR count). The number of carbonyl (C=O) groups is 1. The second-order valence-electron chi connectivity index (χ2n) is 8.26. The molecule has 1 aromatic carbocycles. The first-order chi connectivity index (χ1) is 12.7. The molecule has 4 atom stereocenters. The van der Waals surface area contributed by atoms with Crippen LogP contribution in [0.4, 0.5) is 0 Å². The van der Waals surface area contributed by atoms with Crippen LogP contribution >= 0.6 is 0 Å². The van der Waals surface area contributed by atoms with Crippen molar-refractivity contribution in [3.8, 4) is 11.8 Å². The van der Waals surface area contributed by atoms with Crippen molar-refractivity contribution in [3.05, 3.63) is 29.8 Å². The average Bonchev–Trinajstić information content (AvgIpc) is 2.68. The zero-order valence-corrected chi connectivity index (χ0v) is 16.0. The lowest BCUT2D eigenvalue weighted by Crippen LogP contribution is -2.35. The standard InChI is InChI=1S/C23H31NO2/c1-2-3-4-5-17-6-9-20-15-21(11-10-19(20)14-17)23(25)26-22-12-7-18(16-24)8-13-22/h7-8,12-13,17,19-21H,2-6,9-11,14-15H2,1H3. The molecule has 1 aromatic rings. The van der Waals surface area contributed by atoms with Crippen molar-refractivity contribution in [1.29, 1.82) is 5.26 Å². The van der Waals surface area contributed by atoms with Crippen LogP contribution in [0.15, 0.2) is 24.3 Å². The molecule has 0 spiro atoms. The monoisotopic (exact) mass is 353 g/mol. The fourth-order valence-corrected chi connectivity index (χ4v) is 4.94. The molecule has 0 aliphatic heterocycles. The third-order valence-electron chi connectivity index (χ3n) is 6.47. The van der Waals surface area contributed by atoms with Crippen molar-refractivity contribution in [3.63, 3.8) is 0 Å². The van der Waals surface area contributed by atoms with Gasteiger partial charge in [-0.1, -0.05) is 39.0 Å². The summed E-state index contributed by atoms with van der Waals surface area (Å²) in [5, 5.41) is 8.85. The Kier molecular flexibility index (Phi) is 6.72. The van der Waals surface area contributed by atoms with E-state index in [0.29, 0.717) is 17.2 Å². The van der Waals surface area contributed by atoms with E-state index in [2.05, 4.69) is 13.0 Å². The van der Waals surface area contributed by atoms with E-state index in [1.54, 1.807) is 24.3 Å². The topological polar surface area (TPSA) is 50.1 Å². The van der Waals surface area contributed by atoms with Crippen molar-refractivity contribution in [2.75, 3.05) is 0 Å². The molecule has 26 heavy (non-hydrogen) atoms. The number of ether oxygens (including phenoxy) is 1. The van der Waals surface area contributed by atoms with Gasteiger partial charge in [0.25, 0.3) is 0 Å². The van der Waals surface area contributed by atoms with E-state index >= 15 is 0 Å². The van der Waals surface area contributed by atoms with E-state index in [-0.39, 0.29) is 11.9 Å². The minimum Gasteiger partial charge on any atom is -0.426 e. The second-order valence-corrected chi connectivity index (χ2v) is 8.26. The van der Waals surface area contributed by atoms with Gasteiger partial charge in [0.1, 0.15) is 5.75 Å². The van der Waals surface area contributed by atoms with Gasteiger partial charge in [-0.3, -0.25) is 4.79 Å². The number of rotatable bonds is 6. The zero-order chi connectivity index (χ0) is 18.4. The van der Waals surface area contributed by atoms with Crippen molar-refractivity contribution < 1.29 is 9.53 Å². The minimum absolute atomic E-state index is 0.0449. The van der Waals surface area contributed by atoms with E-state index < -0.39 is 0 Å². The lowest BCUT2D eigenvalue weighted by molar-refractivity contribution is -0.141. The molecule has 0 saturated heterocycles. The smallest absolute Gasteiger partial charge is 0.314 e. The van der Waals surface area contributed by atoms with Crippen molar-refractivity contribution in [2.24, 2.45) is 23.7 Å². The summed E-state index contributed by atoms with van der Waals surface area (Å²) >= 11 is 0. The average molecular weight is 354 g/mol. The molecule has 4 unspecified atom stereocenters. The van der Waals surface area contributed by atoms with E-state index in [0.717, 1.165) is 24.7 Å². The molecule has 2 saturated carbocycles. The number of hydrogen-bond acceptors (Lipinski definition) is 3. The Hall–Kier alpha value is -1.82. The quantitative estimate of drug-likeness (QED) is 0.365. The second kappa shape index (κ2) is 9.21. The van der Waals surface area contributed by atoms with Gasteiger partial charge in [0.15, 0.2) is 0 Å². The van der Waals surface area contributed by atoms with Crippen LogP contribution in [0.2, 0.25) is 0 Å². The van der Waals surface area contributed by atoms with E-state index in [9.17, 15) is 4.79 Å². The number of carbonyl (C=O) groups excluding carboxylic acids is 1. The predicted octanol–water partition coefficient (Wildman–Crippen LogP) is 5.88. The first kappa shape index (κ1) is 19.0. The summed E-state index contributed by atoms with van der Waals surface area (Å²) < 4.78 is 5.57. The molecular formula is C23H31NO2. The fraction of sp³-hybridized carbons (Fsp3) is 0.652. The molecule has 0 aromatic heterocycles. The maximum absolute atomic E-state index is 12.5. The Labute approximate surface area is 157 Å². The van der Waals surface area contributed by atoms with Crippen LogP contribution < -0.4 is 4.74 Å². The molecule has 2 aliphatic carbocycles. The predicted molar refractivity (Wildman–Crippen MR) is 103 cm³/mol. The lowest BCUT2D eigenvalue weighted by Gasteiger charge is -2.41. The normalized spacial score (nSPS) is 28.0. The van der Waals surface area contributed by atoms with Gasteiger partial charge < -0.3 is 4.74 Å². The summed E-state index contributed by atoms with van der Waals surface area (Å²) in [6, 6.07) is 8.89. The van der Waals surface area contributed by atoms with Crippen molar-refractivity contribution in [1.82, 2.24) is 0 Å². The van der Waals surface area contributed by atoms with E-state index in [1.807, 2.05) is 0 Å². The lowest BCUT2D eigenvalue weighted by atomic mass is 9.64. The van der Waals surface area contributed by atoms with E-state index in [1.165, 1.54) is 51.4 Å². The van der Waals surface area contributed by atoms with E-state index in [4.69, 9.17) is 10.00 Å². The van der Waals surface area contributed by atoms with Gasteiger partial charge in [0.2, 0.25) is 0 Å². The van der Waals surface area contributed by atoms with Gasteiger partial charge in [-0.05, 0) is 74.1 Å². The third-order valence-corrected chi connectivity index (χ3v) is 6.47. The van der Waals surface area contributed by atoms with Gasteiger partial charge in [-0.2, -0.15) is 5.26 Å². The molecule has 2 aliphatic rings. The van der Waals surface area contributed by atoms with Gasteiger partial charge in [-0.25, -0.2) is 0 Å². The molecule has 0 heterocycles. The SMILES string of the molecule is CCCCCC1CCC2CC(C(=O)Oc3ccc(C#N)cc3)CCC2C1. The summed E-state index contributed by atoms with van der Waals surface area (Å²) in [6.07, 6.45) is 12.6. The molecule has 2 fully saturated rings. The van der Waals surface area contributed by atoms with Crippen molar-refractivity contribution >= 4 is 5.97 Å². The summed E-state index contributed by atoms with van der Waals surface area (Å²) in [5.41, 5.74) is 0.584. The highest BCUT2D eigenvalue weighted by Gasteiger charge is 2.38. The summed E-state index contributed by atoms with van der Waals surface area (Å²) in [4.78, 5) is 12.5. The largest absolute Gasteiger partial charge is 0.426 e. The Bertz CT molecular complexity index is 631. The van der Waals surface area contributed by atoms with Crippen molar-refractivity contribution in [2.45, 2.75) is 71.1 Å². The molecule has 0 radical (unpaired) electrons. The van der Waals surface area contributed by atoms with Gasteiger partial charge in [0.05, 0.1) is 17.6 Å². The first-order valence-corrected chi connectivity index (χ1v) is 10.4. The summed E-state index contributed by atoms with van der Waals surface area (Å²) in [6.45, 7) is 2.27. The maximum atomic E-state index is 12.5. The number of unbranched alkanes of at least 4 members (excludes halogenated alkanes) is 2. The fourth-order valence-electron chi connectivity index (χ4n) is 4.94. The van der Waals surface area contributed by atoms with Crippen LogP contribution in [0, 0.1) is 35.0 Å². The van der Waals surface area contributed by atoms with Gasteiger partial charge in [-0.15, -0.1) is 0 Å². The molecular weight excluding hydrogens is 322 g/mol. The highest BCUT2D eigenvalue weighted by molar-refractivity contribution is 5.75. The van der Waals surface area contributed by atoms with Crippen LogP contribution in [-0.2, 0) is 4.79 Å². The Morgan fingerprint density at radius 1 is 1.08 bits per heavy atom. The van der Waals surface area contributed by atoms with Gasteiger partial charge in [0, 0.05) is 0 Å².